The minimum Gasteiger partial charge on any atom is -0.292 e. The topological polar surface area (TPSA) is 12.5 Å². The van der Waals surface area contributed by atoms with E-state index in [-0.39, 0.29) is 5.60 Å². The van der Waals surface area contributed by atoms with Crippen molar-refractivity contribution in [2.24, 2.45) is 17.3 Å². The third-order valence-electron chi connectivity index (χ3n) is 5.56. The van der Waals surface area contributed by atoms with E-state index in [1.54, 1.807) is 0 Å². The van der Waals surface area contributed by atoms with Crippen LogP contribution in [0.25, 0.3) is 0 Å². The third kappa shape index (κ3) is 3.37. The highest BCUT2D eigenvalue weighted by Gasteiger charge is 2.56. The van der Waals surface area contributed by atoms with Crippen molar-refractivity contribution in [2.75, 3.05) is 0 Å². The van der Waals surface area contributed by atoms with Gasteiger partial charge in [0.25, 0.3) is 0 Å². The maximum atomic E-state index is 6.36. The van der Waals surface area contributed by atoms with Gasteiger partial charge in [-0.15, -0.1) is 0 Å². The second-order valence-corrected chi connectivity index (χ2v) is 8.93. The predicted molar refractivity (Wildman–Crippen MR) is 90.0 cm³/mol. The molecule has 1 saturated heterocycles. The first-order valence-corrected chi connectivity index (χ1v) is 8.66. The summed E-state index contributed by atoms with van der Waals surface area (Å²) < 4.78 is 0. The fourth-order valence-corrected chi connectivity index (χ4v) is 4.58. The summed E-state index contributed by atoms with van der Waals surface area (Å²) in [5.74, 6) is 1.34. The lowest BCUT2D eigenvalue weighted by Crippen LogP contribution is -2.48. The zero-order valence-electron chi connectivity index (χ0n) is 15.4. The molecular formula is C19H35NO. The summed E-state index contributed by atoms with van der Waals surface area (Å²) in [4.78, 5) is 6.36. The molecule has 1 aliphatic carbocycles. The first-order valence-electron chi connectivity index (χ1n) is 8.66. The molecule has 2 rings (SSSR count). The minimum atomic E-state index is -0.0319. The molecule has 1 saturated carbocycles. The molecule has 2 aliphatic rings. The standard InChI is InChI=1S/C19H35NO/c1-13(2)9-10-19(8)11-15(5)17-16(12-19)18(6,7)21-20(17)14(3)4/h9,14-17H,10-12H2,1-8H3/t15-,16-,17-,19+/m0/s1. The molecule has 0 radical (unpaired) electrons. The fraction of sp³-hybridized carbons (Fsp3) is 0.895. The molecule has 0 N–H and O–H groups in total. The quantitative estimate of drug-likeness (QED) is 0.663. The van der Waals surface area contributed by atoms with Crippen molar-refractivity contribution in [1.82, 2.24) is 5.06 Å². The smallest absolute Gasteiger partial charge is 0.0888 e. The van der Waals surface area contributed by atoms with Crippen molar-refractivity contribution in [1.29, 1.82) is 0 Å². The Kier molecular flexibility index (Phi) is 4.62. The predicted octanol–water partition coefficient (Wildman–Crippen LogP) is 5.20. The summed E-state index contributed by atoms with van der Waals surface area (Å²) in [5, 5.41) is 2.30. The van der Waals surface area contributed by atoms with E-state index in [0.717, 1.165) is 0 Å². The number of nitrogens with zero attached hydrogens (tertiary/aromatic N) is 1. The van der Waals surface area contributed by atoms with Crippen LogP contribution in [0.5, 0.6) is 0 Å². The lowest BCUT2D eigenvalue weighted by atomic mass is 9.60. The van der Waals surface area contributed by atoms with Crippen molar-refractivity contribution >= 4 is 0 Å². The van der Waals surface area contributed by atoms with E-state index in [4.69, 9.17) is 4.84 Å². The van der Waals surface area contributed by atoms with Crippen LogP contribution in [0, 0.1) is 17.3 Å². The molecule has 21 heavy (non-hydrogen) atoms. The van der Waals surface area contributed by atoms with E-state index >= 15 is 0 Å². The van der Waals surface area contributed by atoms with Crippen molar-refractivity contribution < 1.29 is 4.84 Å². The highest BCUT2D eigenvalue weighted by Crippen LogP contribution is 2.54. The van der Waals surface area contributed by atoms with Crippen LogP contribution in [0.3, 0.4) is 0 Å². The van der Waals surface area contributed by atoms with Crippen LogP contribution in [0.15, 0.2) is 11.6 Å². The van der Waals surface area contributed by atoms with Gasteiger partial charge in [-0.25, -0.2) is 0 Å². The van der Waals surface area contributed by atoms with Gasteiger partial charge in [0, 0.05) is 18.0 Å². The normalized spacial score (nSPS) is 39.4. The van der Waals surface area contributed by atoms with E-state index < -0.39 is 0 Å². The Bertz CT molecular complexity index is 408. The Morgan fingerprint density at radius 3 is 2.38 bits per heavy atom. The van der Waals surface area contributed by atoms with Crippen LogP contribution in [0.4, 0.5) is 0 Å². The molecule has 2 fully saturated rings. The van der Waals surface area contributed by atoms with Crippen LogP contribution in [0.2, 0.25) is 0 Å². The van der Waals surface area contributed by atoms with Crippen LogP contribution in [-0.4, -0.2) is 22.7 Å². The number of hydroxylamine groups is 2. The van der Waals surface area contributed by atoms with Gasteiger partial charge in [0.2, 0.25) is 0 Å². The van der Waals surface area contributed by atoms with Gasteiger partial charge in [0.15, 0.2) is 0 Å². The molecule has 122 valence electrons. The Morgan fingerprint density at radius 2 is 1.86 bits per heavy atom. The second kappa shape index (κ2) is 5.70. The van der Waals surface area contributed by atoms with Crippen molar-refractivity contribution in [3.8, 4) is 0 Å². The van der Waals surface area contributed by atoms with Gasteiger partial charge in [-0.3, -0.25) is 4.84 Å². The maximum Gasteiger partial charge on any atom is 0.0888 e. The zero-order valence-corrected chi connectivity index (χ0v) is 15.4. The Hall–Kier alpha value is -0.340. The molecular weight excluding hydrogens is 258 g/mol. The van der Waals surface area contributed by atoms with Gasteiger partial charge in [-0.05, 0) is 72.1 Å². The van der Waals surface area contributed by atoms with E-state index in [1.165, 1.54) is 24.8 Å². The molecule has 0 aromatic heterocycles. The summed E-state index contributed by atoms with van der Waals surface area (Å²) in [5.41, 5.74) is 1.83. The van der Waals surface area contributed by atoms with Gasteiger partial charge < -0.3 is 0 Å². The lowest BCUT2D eigenvalue weighted by Gasteiger charge is -2.46. The molecule has 0 bridgehead atoms. The number of allylic oxidation sites excluding steroid dienone is 2. The first-order chi connectivity index (χ1) is 9.56. The van der Waals surface area contributed by atoms with Crippen LogP contribution in [-0.2, 0) is 4.84 Å². The average Bonchev–Trinajstić information content (AvgIpc) is 2.60. The Balaban J connectivity index is 2.24. The monoisotopic (exact) mass is 293 g/mol. The Morgan fingerprint density at radius 1 is 1.24 bits per heavy atom. The molecule has 2 heteroatoms. The van der Waals surface area contributed by atoms with Gasteiger partial charge in [0.05, 0.1) is 5.60 Å². The van der Waals surface area contributed by atoms with E-state index in [2.05, 4.69) is 66.5 Å². The number of hydrogen-bond donors (Lipinski definition) is 0. The summed E-state index contributed by atoms with van der Waals surface area (Å²) in [6.45, 7) is 18.4. The second-order valence-electron chi connectivity index (χ2n) is 8.93. The maximum absolute atomic E-state index is 6.36. The van der Waals surface area contributed by atoms with Gasteiger partial charge in [-0.1, -0.05) is 25.5 Å². The van der Waals surface area contributed by atoms with E-state index in [0.29, 0.717) is 29.3 Å². The summed E-state index contributed by atoms with van der Waals surface area (Å²) in [6, 6.07) is 1.05. The number of hydrogen-bond acceptors (Lipinski definition) is 2. The zero-order chi connectivity index (χ0) is 16.0. The van der Waals surface area contributed by atoms with Gasteiger partial charge >= 0.3 is 0 Å². The van der Waals surface area contributed by atoms with Crippen molar-refractivity contribution in [3.63, 3.8) is 0 Å². The Labute approximate surface area is 131 Å². The van der Waals surface area contributed by atoms with Gasteiger partial charge in [-0.2, -0.15) is 5.06 Å². The number of fused-ring (bicyclic) bond motifs is 1. The molecule has 0 unspecified atom stereocenters. The summed E-state index contributed by atoms with van der Waals surface area (Å²) in [6.07, 6.45) is 6.22. The molecule has 2 nitrogen and oxygen atoms in total. The highest BCUT2D eigenvalue weighted by molar-refractivity contribution is 5.06. The lowest BCUT2D eigenvalue weighted by molar-refractivity contribution is -0.215. The SMILES string of the molecule is CC(C)=CC[C@]1(C)C[C@H](C)[C@H]2[C@H](C1)C(C)(C)ON2C(C)C. The summed E-state index contributed by atoms with van der Waals surface area (Å²) >= 11 is 0. The molecule has 0 spiro atoms. The minimum absolute atomic E-state index is 0.0319. The number of rotatable bonds is 3. The molecule has 4 atom stereocenters. The highest BCUT2D eigenvalue weighted by atomic mass is 16.7. The average molecular weight is 293 g/mol. The molecule has 0 aromatic carbocycles. The first kappa shape index (κ1) is 17.0. The van der Waals surface area contributed by atoms with Gasteiger partial charge in [0.1, 0.15) is 0 Å². The largest absolute Gasteiger partial charge is 0.292 e. The summed E-state index contributed by atoms with van der Waals surface area (Å²) in [7, 11) is 0. The molecule has 0 aromatic rings. The fourth-order valence-electron chi connectivity index (χ4n) is 4.58. The molecule has 0 amide bonds. The van der Waals surface area contributed by atoms with Crippen LogP contribution in [0.1, 0.15) is 74.7 Å². The van der Waals surface area contributed by atoms with Crippen molar-refractivity contribution in [2.45, 2.75) is 92.3 Å². The van der Waals surface area contributed by atoms with Crippen molar-refractivity contribution in [3.05, 3.63) is 11.6 Å². The van der Waals surface area contributed by atoms with E-state index in [9.17, 15) is 0 Å². The van der Waals surface area contributed by atoms with Crippen LogP contribution >= 0.6 is 0 Å². The molecule has 1 heterocycles. The third-order valence-corrected chi connectivity index (χ3v) is 5.56. The van der Waals surface area contributed by atoms with Crippen LogP contribution < -0.4 is 0 Å². The van der Waals surface area contributed by atoms with E-state index in [1.807, 2.05) is 0 Å². The molecule has 1 aliphatic heterocycles.